The van der Waals surface area contributed by atoms with Gasteiger partial charge < -0.3 is 9.64 Å². The van der Waals surface area contributed by atoms with Crippen molar-refractivity contribution in [1.82, 2.24) is 4.90 Å². The molecule has 24 heavy (non-hydrogen) atoms. The fraction of sp³-hybridized carbons (Fsp3) is 0.556. The van der Waals surface area contributed by atoms with E-state index in [9.17, 15) is 14.4 Å². The molecule has 0 N–H and O–H groups in total. The molecule has 1 aliphatic rings. The van der Waals surface area contributed by atoms with Gasteiger partial charge >= 0.3 is 6.09 Å². The monoisotopic (exact) mass is 396 g/mol. The Balaban J connectivity index is 2.02. The van der Waals surface area contributed by atoms with Gasteiger partial charge in [-0.1, -0.05) is 6.07 Å². The highest BCUT2D eigenvalue weighted by Gasteiger charge is 2.37. The lowest BCUT2D eigenvalue weighted by molar-refractivity contribution is 0.0148. The Morgan fingerprint density at radius 3 is 2.54 bits per heavy atom. The van der Waals surface area contributed by atoms with Gasteiger partial charge in [-0.3, -0.25) is 0 Å². The number of benzene rings is 1. The maximum Gasteiger partial charge on any atom is 0.410 e. The fourth-order valence-electron chi connectivity index (χ4n) is 2.81. The maximum absolute atomic E-state index is 13.4. The maximum atomic E-state index is 13.4. The second-order valence-electron chi connectivity index (χ2n) is 7.28. The molecule has 0 radical (unpaired) electrons. The molecule has 0 unspecified atom stereocenters. The molecule has 1 heterocycles. The Kier molecular flexibility index (Phi) is 5.54. The number of rotatable bonds is 2. The van der Waals surface area contributed by atoms with Crippen LogP contribution in [0.4, 0.5) is 9.18 Å². The molecule has 4 nitrogen and oxygen atoms in total. The Morgan fingerprint density at radius 2 is 2.04 bits per heavy atom. The molecule has 0 atom stereocenters. The molecule has 1 fully saturated rings. The molecule has 0 saturated carbocycles. The molecule has 1 aromatic carbocycles. The Hall–Kier alpha value is -1.61. The van der Waals surface area contributed by atoms with Crippen molar-refractivity contribution >= 4 is 22.0 Å². The second-order valence-corrected chi connectivity index (χ2v) is 8.14. The minimum Gasteiger partial charge on any atom is -0.444 e. The fourth-order valence-corrected chi connectivity index (χ4v) is 3.24. The lowest BCUT2D eigenvalue weighted by Gasteiger charge is -2.38. The molecule has 6 heteroatoms. The second kappa shape index (κ2) is 7.10. The number of nitriles is 1. The Bertz CT molecular complexity index is 656. The molecular formula is C18H22BrFN2O2. The smallest absolute Gasteiger partial charge is 0.410 e. The quantitative estimate of drug-likeness (QED) is 0.729. The SMILES string of the molecule is CC(C)(C)OC(=O)N1CCC(C#N)(Cc2ccc(F)c(Br)c2)CC1. The number of amides is 1. The number of carbonyl (C=O) groups excluding carboxylic acids is 1. The van der Waals surface area contributed by atoms with Crippen molar-refractivity contribution in [3.05, 3.63) is 34.1 Å². The van der Waals surface area contributed by atoms with Crippen molar-refractivity contribution in [2.24, 2.45) is 5.41 Å². The summed E-state index contributed by atoms with van der Waals surface area (Å²) < 4.78 is 19.1. The van der Waals surface area contributed by atoms with Gasteiger partial charge in [0.15, 0.2) is 0 Å². The number of likely N-dealkylation sites (tertiary alicyclic amines) is 1. The minimum atomic E-state index is -0.532. The summed E-state index contributed by atoms with van der Waals surface area (Å²) in [7, 11) is 0. The third kappa shape index (κ3) is 4.70. The first-order chi connectivity index (χ1) is 11.1. The van der Waals surface area contributed by atoms with Gasteiger partial charge in [-0.2, -0.15) is 5.26 Å². The average Bonchev–Trinajstić information content (AvgIpc) is 2.50. The van der Waals surface area contributed by atoms with Crippen LogP contribution >= 0.6 is 15.9 Å². The van der Waals surface area contributed by atoms with E-state index in [0.29, 0.717) is 36.8 Å². The van der Waals surface area contributed by atoms with Crippen LogP contribution in [0, 0.1) is 22.6 Å². The zero-order valence-corrected chi connectivity index (χ0v) is 15.8. The van der Waals surface area contributed by atoms with Crippen LogP contribution in [0.15, 0.2) is 22.7 Å². The van der Waals surface area contributed by atoms with E-state index in [1.165, 1.54) is 6.07 Å². The molecular weight excluding hydrogens is 375 g/mol. The first kappa shape index (κ1) is 18.7. The van der Waals surface area contributed by atoms with Gasteiger partial charge in [0.1, 0.15) is 11.4 Å². The van der Waals surface area contributed by atoms with Crippen molar-refractivity contribution in [2.75, 3.05) is 13.1 Å². The number of hydrogen-bond acceptors (Lipinski definition) is 3. The van der Waals surface area contributed by atoms with Crippen LogP contribution in [0.1, 0.15) is 39.2 Å². The van der Waals surface area contributed by atoms with Crippen LogP contribution in [-0.4, -0.2) is 29.7 Å². The van der Waals surface area contributed by atoms with Gasteiger partial charge in [0.25, 0.3) is 0 Å². The van der Waals surface area contributed by atoms with Gasteiger partial charge in [-0.15, -0.1) is 0 Å². The van der Waals surface area contributed by atoms with Crippen LogP contribution in [0.25, 0.3) is 0 Å². The van der Waals surface area contributed by atoms with Crippen molar-refractivity contribution in [3.63, 3.8) is 0 Å². The molecule has 0 aromatic heterocycles. The molecule has 0 spiro atoms. The van der Waals surface area contributed by atoms with E-state index >= 15 is 0 Å². The number of ether oxygens (including phenoxy) is 1. The molecule has 1 aliphatic heterocycles. The zero-order chi connectivity index (χ0) is 18.0. The van der Waals surface area contributed by atoms with E-state index in [0.717, 1.165) is 5.56 Å². The van der Waals surface area contributed by atoms with Crippen molar-refractivity contribution in [1.29, 1.82) is 5.26 Å². The van der Waals surface area contributed by atoms with E-state index in [4.69, 9.17) is 4.74 Å². The van der Waals surface area contributed by atoms with Gasteiger partial charge in [0.2, 0.25) is 0 Å². The number of nitrogens with zero attached hydrogens (tertiary/aromatic N) is 2. The average molecular weight is 397 g/mol. The summed E-state index contributed by atoms with van der Waals surface area (Å²) in [4.78, 5) is 13.8. The topological polar surface area (TPSA) is 53.3 Å². The first-order valence-corrected chi connectivity index (χ1v) is 8.77. The summed E-state index contributed by atoms with van der Waals surface area (Å²) in [5.74, 6) is -0.315. The summed E-state index contributed by atoms with van der Waals surface area (Å²) in [6, 6.07) is 7.25. The van der Waals surface area contributed by atoms with Gasteiger partial charge in [-0.05, 0) is 73.7 Å². The number of carbonyl (C=O) groups is 1. The summed E-state index contributed by atoms with van der Waals surface area (Å²) in [6.45, 7) is 6.48. The van der Waals surface area contributed by atoms with Crippen molar-refractivity contribution in [3.8, 4) is 6.07 Å². The van der Waals surface area contributed by atoms with E-state index in [1.54, 1.807) is 17.0 Å². The Morgan fingerprint density at radius 1 is 1.42 bits per heavy atom. The highest BCUT2D eigenvalue weighted by atomic mass is 79.9. The molecule has 1 saturated heterocycles. The lowest BCUT2D eigenvalue weighted by Crippen LogP contribution is -2.45. The molecule has 1 aromatic rings. The zero-order valence-electron chi connectivity index (χ0n) is 14.2. The van der Waals surface area contributed by atoms with Crippen molar-refractivity contribution in [2.45, 2.75) is 45.6 Å². The largest absolute Gasteiger partial charge is 0.444 e. The predicted octanol–water partition coefficient (Wildman–Crippen LogP) is 4.67. The normalized spacial score (nSPS) is 17.2. The van der Waals surface area contributed by atoms with E-state index in [2.05, 4.69) is 22.0 Å². The van der Waals surface area contributed by atoms with Gasteiger partial charge in [0, 0.05) is 13.1 Å². The lowest BCUT2D eigenvalue weighted by atomic mass is 9.75. The first-order valence-electron chi connectivity index (χ1n) is 7.97. The summed E-state index contributed by atoms with van der Waals surface area (Å²) in [5, 5.41) is 9.67. The van der Waals surface area contributed by atoms with Crippen LogP contribution in [-0.2, 0) is 11.2 Å². The highest BCUT2D eigenvalue weighted by Crippen LogP contribution is 2.35. The summed E-state index contributed by atoms with van der Waals surface area (Å²) in [6.07, 6.45) is 1.37. The highest BCUT2D eigenvalue weighted by molar-refractivity contribution is 9.10. The predicted molar refractivity (Wildman–Crippen MR) is 92.9 cm³/mol. The minimum absolute atomic E-state index is 0.315. The van der Waals surface area contributed by atoms with Crippen LogP contribution in [0.3, 0.4) is 0 Å². The Labute approximate surface area is 150 Å². The van der Waals surface area contributed by atoms with Gasteiger partial charge in [-0.25, -0.2) is 9.18 Å². The number of halogens is 2. The van der Waals surface area contributed by atoms with E-state index in [1.807, 2.05) is 20.8 Å². The molecule has 2 rings (SSSR count). The number of hydrogen-bond donors (Lipinski definition) is 0. The third-order valence-electron chi connectivity index (χ3n) is 4.14. The van der Waals surface area contributed by atoms with Crippen molar-refractivity contribution < 1.29 is 13.9 Å². The number of piperidine rings is 1. The standard InChI is InChI=1S/C18H22BrFN2O2/c1-17(2,3)24-16(23)22-8-6-18(12-21,7-9-22)11-13-4-5-15(20)14(19)10-13/h4-5,10H,6-9,11H2,1-3H3. The van der Waals surface area contributed by atoms with Crippen LogP contribution in [0.2, 0.25) is 0 Å². The summed E-state index contributed by atoms with van der Waals surface area (Å²) in [5.41, 5.74) is -0.146. The van der Waals surface area contributed by atoms with E-state index < -0.39 is 11.0 Å². The van der Waals surface area contributed by atoms with Crippen LogP contribution < -0.4 is 0 Å². The van der Waals surface area contributed by atoms with E-state index in [-0.39, 0.29) is 11.9 Å². The molecule has 0 bridgehead atoms. The molecule has 1 amide bonds. The van der Waals surface area contributed by atoms with Crippen LogP contribution in [0.5, 0.6) is 0 Å². The van der Waals surface area contributed by atoms with Gasteiger partial charge in [0.05, 0.1) is 16.0 Å². The third-order valence-corrected chi connectivity index (χ3v) is 4.74. The summed E-state index contributed by atoms with van der Waals surface area (Å²) >= 11 is 3.18. The molecule has 130 valence electrons. The molecule has 0 aliphatic carbocycles.